The van der Waals surface area contributed by atoms with Crippen LogP contribution in [0.25, 0.3) is 22.5 Å². The SMILES string of the molecule is COCCOC(C)C(CCCCCCn1cnc(-c2ccccc2)c1-c1ccccc1)C(=O)O. The highest BCUT2D eigenvalue weighted by Gasteiger charge is 2.24. The molecule has 1 heterocycles. The predicted octanol–water partition coefficient (Wildman–Crippen LogP) is 5.92. The first-order chi connectivity index (χ1) is 16.6. The first-order valence-electron chi connectivity index (χ1n) is 12.1. The zero-order valence-electron chi connectivity index (χ0n) is 20.2. The summed E-state index contributed by atoms with van der Waals surface area (Å²) in [6, 6.07) is 20.7. The Bertz CT molecular complexity index is 988. The lowest BCUT2D eigenvalue weighted by Crippen LogP contribution is -2.29. The Morgan fingerprint density at radius 1 is 0.941 bits per heavy atom. The van der Waals surface area contributed by atoms with Crippen molar-refractivity contribution in [3.05, 3.63) is 67.0 Å². The zero-order chi connectivity index (χ0) is 24.2. The highest BCUT2D eigenvalue weighted by Crippen LogP contribution is 2.31. The van der Waals surface area contributed by atoms with Crippen molar-refractivity contribution in [1.29, 1.82) is 0 Å². The van der Waals surface area contributed by atoms with Gasteiger partial charge in [0, 0.05) is 24.8 Å². The molecule has 6 heteroatoms. The van der Waals surface area contributed by atoms with Crippen LogP contribution in [-0.2, 0) is 20.8 Å². The first-order valence-corrected chi connectivity index (χ1v) is 12.1. The number of hydrogen-bond acceptors (Lipinski definition) is 4. The molecule has 0 radical (unpaired) electrons. The predicted molar refractivity (Wildman–Crippen MR) is 135 cm³/mol. The van der Waals surface area contributed by atoms with E-state index in [4.69, 9.17) is 14.5 Å². The van der Waals surface area contributed by atoms with E-state index in [0.717, 1.165) is 54.7 Å². The highest BCUT2D eigenvalue weighted by atomic mass is 16.5. The van der Waals surface area contributed by atoms with Crippen molar-refractivity contribution in [1.82, 2.24) is 9.55 Å². The number of unbranched alkanes of at least 4 members (excludes halogenated alkanes) is 3. The minimum atomic E-state index is -0.788. The second-order valence-corrected chi connectivity index (χ2v) is 8.58. The van der Waals surface area contributed by atoms with E-state index in [0.29, 0.717) is 19.6 Å². The maximum atomic E-state index is 11.6. The van der Waals surface area contributed by atoms with Gasteiger partial charge in [-0.15, -0.1) is 0 Å². The Morgan fingerprint density at radius 2 is 1.59 bits per heavy atom. The number of hydrogen-bond donors (Lipinski definition) is 1. The summed E-state index contributed by atoms with van der Waals surface area (Å²) in [5.74, 6) is -1.27. The number of ether oxygens (including phenoxy) is 2. The molecule has 2 atom stereocenters. The summed E-state index contributed by atoms with van der Waals surface area (Å²) in [5, 5.41) is 9.57. The number of rotatable bonds is 15. The highest BCUT2D eigenvalue weighted by molar-refractivity contribution is 5.78. The fourth-order valence-corrected chi connectivity index (χ4v) is 4.25. The van der Waals surface area contributed by atoms with Crippen LogP contribution < -0.4 is 0 Å². The van der Waals surface area contributed by atoms with Gasteiger partial charge in [0.15, 0.2) is 0 Å². The molecule has 0 aliphatic rings. The summed E-state index contributed by atoms with van der Waals surface area (Å²) in [6.07, 6.45) is 6.17. The number of carboxylic acids is 1. The van der Waals surface area contributed by atoms with Crippen molar-refractivity contribution in [2.75, 3.05) is 20.3 Å². The maximum absolute atomic E-state index is 11.6. The van der Waals surface area contributed by atoms with Crippen LogP contribution in [0.3, 0.4) is 0 Å². The minimum Gasteiger partial charge on any atom is -0.481 e. The van der Waals surface area contributed by atoms with E-state index in [1.807, 2.05) is 37.5 Å². The van der Waals surface area contributed by atoms with E-state index < -0.39 is 11.9 Å². The van der Waals surface area contributed by atoms with Crippen LogP contribution in [0.4, 0.5) is 0 Å². The lowest BCUT2D eigenvalue weighted by atomic mass is 9.96. The molecule has 0 amide bonds. The Hall–Kier alpha value is -2.96. The molecular formula is C28H36N2O4. The van der Waals surface area contributed by atoms with Crippen molar-refractivity contribution in [2.24, 2.45) is 5.92 Å². The normalized spacial score (nSPS) is 13.0. The summed E-state index contributed by atoms with van der Waals surface area (Å²) in [4.78, 5) is 16.4. The van der Waals surface area contributed by atoms with Crippen LogP contribution in [0, 0.1) is 5.92 Å². The van der Waals surface area contributed by atoms with E-state index in [-0.39, 0.29) is 6.10 Å². The van der Waals surface area contributed by atoms with E-state index in [9.17, 15) is 9.90 Å². The zero-order valence-corrected chi connectivity index (χ0v) is 20.2. The molecule has 0 aliphatic heterocycles. The van der Waals surface area contributed by atoms with Crippen molar-refractivity contribution < 1.29 is 19.4 Å². The van der Waals surface area contributed by atoms with E-state index in [2.05, 4.69) is 41.0 Å². The number of aryl methyl sites for hydroxylation is 1. The van der Waals surface area contributed by atoms with Crippen LogP contribution >= 0.6 is 0 Å². The molecule has 1 N–H and O–H groups in total. The first kappa shape index (κ1) is 25.7. The molecule has 0 aliphatic carbocycles. The number of carboxylic acid groups (broad SMARTS) is 1. The van der Waals surface area contributed by atoms with E-state index >= 15 is 0 Å². The molecule has 0 spiro atoms. The van der Waals surface area contributed by atoms with E-state index in [1.54, 1.807) is 7.11 Å². The summed E-state index contributed by atoms with van der Waals surface area (Å²) in [6.45, 7) is 3.61. The number of aliphatic carboxylic acids is 1. The molecule has 2 aromatic carbocycles. The minimum absolute atomic E-state index is 0.316. The van der Waals surface area contributed by atoms with Crippen LogP contribution in [0.2, 0.25) is 0 Å². The molecule has 3 rings (SSSR count). The third-order valence-electron chi connectivity index (χ3n) is 6.15. The van der Waals surface area contributed by atoms with Crippen molar-refractivity contribution in [2.45, 2.75) is 51.7 Å². The van der Waals surface area contributed by atoms with Crippen LogP contribution in [0.5, 0.6) is 0 Å². The Kier molecular flexibility index (Phi) is 10.3. The quantitative estimate of drug-likeness (QED) is 0.283. The molecule has 1 aromatic heterocycles. The third kappa shape index (κ3) is 7.27. The number of methoxy groups -OCH3 is 1. The summed E-state index contributed by atoms with van der Waals surface area (Å²) in [7, 11) is 1.61. The van der Waals surface area contributed by atoms with Gasteiger partial charge in [0.2, 0.25) is 0 Å². The van der Waals surface area contributed by atoms with Crippen LogP contribution in [0.15, 0.2) is 67.0 Å². The lowest BCUT2D eigenvalue weighted by molar-refractivity contribution is -0.147. The van der Waals surface area contributed by atoms with Gasteiger partial charge in [0.05, 0.1) is 43.0 Å². The smallest absolute Gasteiger partial charge is 0.309 e. The largest absolute Gasteiger partial charge is 0.481 e. The van der Waals surface area contributed by atoms with Crippen molar-refractivity contribution in [3.8, 4) is 22.5 Å². The number of nitrogens with zero attached hydrogens (tertiary/aromatic N) is 2. The van der Waals surface area contributed by atoms with Gasteiger partial charge in [0.1, 0.15) is 0 Å². The van der Waals surface area contributed by atoms with Gasteiger partial charge < -0.3 is 19.1 Å². The van der Waals surface area contributed by atoms with Gasteiger partial charge in [-0.05, 0) is 19.8 Å². The van der Waals surface area contributed by atoms with Gasteiger partial charge in [-0.25, -0.2) is 4.98 Å². The van der Waals surface area contributed by atoms with Crippen molar-refractivity contribution >= 4 is 5.97 Å². The lowest BCUT2D eigenvalue weighted by Gasteiger charge is -2.20. The second kappa shape index (κ2) is 13.7. The molecular weight excluding hydrogens is 428 g/mol. The van der Waals surface area contributed by atoms with Gasteiger partial charge in [-0.2, -0.15) is 0 Å². The fraction of sp³-hybridized carbons (Fsp3) is 0.429. The third-order valence-corrected chi connectivity index (χ3v) is 6.15. The topological polar surface area (TPSA) is 73.6 Å². The summed E-state index contributed by atoms with van der Waals surface area (Å²) in [5.41, 5.74) is 4.41. The Labute approximate surface area is 202 Å². The molecule has 6 nitrogen and oxygen atoms in total. The standard InChI is InChI=1S/C28H36N2O4/c1-22(34-20-19-33-2)25(28(31)32)17-11-3-4-12-18-30-21-29-26(23-13-7-5-8-14-23)27(30)24-15-9-6-10-16-24/h5-10,13-16,21-22,25H,3-4,11-12,17-20H2,1-2H3,(H,31,32). The van der Waals surface area contributed by atoms with Crippen LogP contribution in [0.1, 0.15) is 39.0 Å². The van der Waals surface area contributed by atoms with E-state index in [1.165, 1.54) is 0 Å². The molecule has 2 unspecified atom stereocenters. The summed E-state index contributed by atoms with van der Waals surface area (Å²) < 4.78 is 12.8. The van der Waals surface area contributed by atoms with Gasteiger partial charge in [0.25, 0.3) is 0 Å². The molecule has 3 aromatic rings. The van der Waals surface area contributed by atoms with Crippen LogP contribution in [-0.4, -0.2) is 47.1 Å². The molecule has 0 fully saturated rings. The molecule has 34 heavy (non-hydrogen) atoms. The second-order valence-electron chi connectivity index (χ2n) is 8.58. The molecule has 0 saturated carbocycles. The molecule has 0 bridgehead atoms. The molecule has 0 saturated heterocycles. The van der Waals surface area contributed by atoms with Gasteiger partial charge in [-0.1, -0.05) is 79.9 Å². The molecule has 182 valence electrons. The Morgan fingerprint density at radius 3 is 2.24 bits per heavy atom. The van der Waals surface area contributed by atoms with Gasteiger partial charge >= 0.3 is 5.97 Å². The average Bonchev–Trinajstić information content (AvgIpc) is 3.28. The number of benzene rings is 2. The maximum Gasteiger partial charge on any atom is 0.309 e. The van der Waals surface area contributed by atoms with Gasteiger partial charge in [-0.3, -0.25) is 4.79 Å². The Balaban J connectivity index is 1.54. The number of imidazole rings is 1. The van der Waals surface area contributed by atoms with Crippen molar-refractivity contribution in [3.63, 3.8) is 0 Å². The summed E-state index contributed by atoms with van der Waals surface area (Å²) >= 11 is 0. The number of carbonyl (C=O) groups is 1. The average molecular weight is 465 g/mol. The fourth-order valence-electron chi connectivity index (χ4n) is 4.25. The monoisotopic (exact) mass is 464 g/mol. The number of aromatic nitrogens is 2.